The summed E-state index contributed by atoms with van der Waals surface area (Å²) in [5.74, 6) is 0.855. The van der Waals surface area contributed by atoms with Gasteiger partial charge in [0.15, 0.2) is 0 Å². The Morgan fingerprint density at radius 3 is 2.77 bits per heavy atom. The first-order valence-electron chi connectivity index (χ1n) is 10.1. The van der Waals surface area contributed by atoms with Gasteiger partial charge in [-0.2, -0.15) is 0 Å². The number of piperidine rings is 1. The van der Waals surface area contributed by atoms with Crippen molar-refractivity contribution in [2.75, 3.05) is 30.3 Å². The molecule has 3 aromatic rings. The van der Waals surface area contributed by atoms with E-state index in [4.69, 9.17) is 23.2 Å². The van der Waals surface area contributed by atoms with Crippen molar-refractivity contribution in [3.63, 3.8) is 0 Å². The molecular weight excluding hydrogens is 423 g/mol. The minimum atomic E-state index is 0.0464. The third kappa shape index (κ3) is 4.79. The highest BCUT2D eigenvalue weighted by Crippen LogP contribution is 2.23. The third-order valence-electron chi connectivity index (χ3n) is 5.28. The van der Waals surface area contributed by atoms with Crippen LogP contribution in [0.2, 0.25) is 10.0 Å². The first-order chi connectivity index (χ1) is 14.5. The number of pyridine rings is 1. The number of likely N-dealkylation sites (tertiary alicyclic amines) is 1. The van der Waals surface area contributed by atoms with Gasteiger partial charge in [0.2, 0.25) is 5.91 Å². The number of amides is 1. The van der Waals surface area contributed by atoms with Gasteiger partial charge in [0.25, 0.3) is 0 Å². The van der Waals surface area contributed by atoms with Gasteiger partial charge < -0.3 is 20.1 Å². The Bertz CT molecular complexity index is 1030. The number of rotatable bonds is 6. The predicted molar refractivity (Wildman–Crippen MR) is 121 cm³/mol. The molecule has 4 rings (SSSR count). The van der Waals surface area contributed by atoms with E-state index in [-0.39, 0.29) is 18.5 Å². The van der Waals surface area contributed by atoms with E-state index in [1.165, 1.54) is 0 Å². The second-order valence-electron chi connectivity index (χ2n) is 7.42. The Hall–Kier alpha value is -2.51. The van der Waals surface area contributed by atoms with Crippen molar-refractivity contribution in [3.05, 3.63) is 46.8 Å². The number of nitrogens with one attached hydrogen (secondary N) is 2. The van der Waals surface area contributed by atoms with Crippen LogP contribution in [0.15, 0.2) is 36.8 Å². The largest absolute Gasteiger partial charge is 0.376 e. The van der Waals surface area contributed by atoms with E-state index in [1.54, 1.807) is 24.4 Å². The minimum absolute atomic E-state index is 0.0464. The maximum atomic E-state index is 12.7. The van der Waals surface area contributed by atoms with Gasteiger partial charge in [0.05, 0.1) is 24.6 Å². The molecule has 2 N–H and O–H groups in total. The number of imidazole rings is 1. The first kappa shape index (κ1) is 20.8. The minimum Gasteiger partial charge on any atom is -0.376 e. The summed E-state index contributed by atoms with van der Waals surface area (Å²) in [6.07, 6.45) is 5.56. The van der Waals surface area contributed by atoms with Crippen molar-refractivity contribution in [3.8, 4) is 0 Å². The van der Waals surface area contributed by atoms with Gasteiger partial charge in [-0.05, 0) is 38.0 Å². The number of carbonyl (C=O) groups excluding carboxylic acids is 1. The fourth-order valence-corrected chi connectivity index (χ4v) is 4.29. The smallest absolute Gasteiger partial charge is 0.241 e. The van der Waals surface area contributed by atoms with E-state index >= 15 is 0 Å². The van der Waals surface area contributed by atoms with Gasteiger partial charge in [0.1, 0.15) is 11.3 Å². The van der Waals surface area contributed by atoms with Crippen LogP contribution in [0, 0.1) is 0 Å². The van der Waals surface area contributed by atoms with Crippen LogP contribution in [0.5, 0.6) is 0 Å². The lowest BCUT2D eigenvalue weighted by molar-refractivity contribution is -0.130. The van der Waals surface area contributed by atoms with Crippen LogP contribution in [0.1, 0.15) is 19.8 Å². The number of carbonyl (C=O) groups is 1. The van der Waals surface area contributed by atoms with E-state index in [0.717, 1.165) is 48.5 Å². The Labute approximate surface area is 185 Å². The molecule has 0 bridgehead atoms. The number of hydrogen-bond donors (Lipinski definition) is 2. The normalized spacial score (nSPS) is 16.6. The summed E-state index contributed by atoms with van der Waals surface area (Å²) >= 11 is 12.0. The molecule has 7 nitrogen and oxygen atoms in total. The van der Waals surface area contributed by atoms with Crippen molar-refractivity contribution in [2.24, 2.45) is 0 Å². The Morgan fingerprint density at radius 2 is 2.00 bits per heavy atom. The van der Waals surface area contributed by atoms with Crippen molar-refractivity contribution in [1.29, 1.82) is 0 Å². The van der Waals surface area contributed by atoms with Gasteiger partial charge in [-0.3, -0.25) is 4.79 Å². The number of aryl methyl sites for hydroxylation is 1. The maximum Gasteiger partial charge on any atom is 0.241 e. The third-order valence-corrected chi connectivity index (χ3v) is 5.72. The standard InChI is InChI=1S/C21H24Cl2N6O/c1-2-28-13-26-18-10-25-20(9-19(18)28)27-16-4-3-5-29(12-16)21(30)11-24-17-7-14(22)6-15(23)8-17/h6-10,13,16,24H,2-5,11-12H2,1H3,(H,25,27)/t16-/m0/s1. The van der Waals surface area contributed by atoms with Crippen molar-refractivity contribution >= 4 is 51.6 Å². The van der Waals surface area contributed by atoms with E-state index < -0.39 is 0 Å². The number of anilines is 2. The molecule has 1 aliphatic heterocycles. The molecule has 1 saturated heterocycles. The zero-order valence-corrected chi connectivity index (χ0v) is 18.2. The Morgan fingerprint density at radius 1 is 1.20 bits per heavy atom. The number of benzene rings is 1. The summed E-state index contributed by atoms with van der Waals surface area (Å²) in [4.78, 5) is 23.4. The number of fused-ring (bicyclic) bond motifs is 1. The van der Waals surface area contributed by atoms with Crippen LogP contribution in [0.25, 0.3) is 11.0 Å². The summed E-state index contributed by atoms with van der Waals surface area (Å²) in [7, 11) is 0. The van der Waals surface area contributed by atoms with E-state index in [1.807, 2.05) is 17.3 Å². The van der Waals surface area contributed by atoms with E-state index in [0.29, 0.717) is 16.6 Å². The summed E-state index contributed by atoms with van der Waals surface area (Å²) < 4.78 is 2.09. The summed E-state index contributed by atoms with van der Waals surface area (Å²) in [5, 5.41) is 7.67. The Kier molecular flexibility index (Phi) is 6.29. The van der Waals surface area contributed by atoms with Crippen LogP contribution in [-0.2, 0) is 11.3 Å². The number of aromatic nitrogens is 3. The van der Waals surface area contributed by atoms with E-state index in [2.05, 4.69) is 32.1 Å². The summed E-state index contributed by atoms with van der Waals surface area (Å²) in [6.45, 7) is 4.54. The lowest BCUT2D eigenvalue weighted by Gasteiger charge is -2.33. The highest BCUT2D eigenvalue weighted by Gasteiger charge is 2.24. The number of halogens is 2. The molecule has 1 fully saturated rings. The molecule has 3 heterocycles. The molecular formula is C21H24Cl2N6O. The molecule has 1 aliphatic rings. The second-order valence-corrected chi connectivity index (χ2v) is 8.30. The molecule has 158 valence electrons. The summed E-state index contributed by atoms with van der Waals surface area (Å²) in [6, 6.07) is 7.35. The SMILES string of the molecule is CCn1cnc2cnc(N[C@H]3CCCN(C(=O)CNc4cc(Cl)cc(Cl)c4)C3)cc21. The van der Waals surface area contributed by atoms with Gasteiger partial charge >= 0.3 is 0 Å². The Balaban J connectivity index is 1.36. The fraction of sp³-hybridized carbons (Fsp3) is 0.381. The molecule has 1 amide bonds. The molecule has 0 aliphatic carbocycles. The molecule has 0 saturated carbocycles. The van der Waals surface area contributed by atoms with E-state index in [9.17, 15) is 4.79 Å². The molecule has 0 radical (unpaired) electrons. The first-order valence-corrected chi connectivity index (χ1v) is 10.8. The fourth-order valence-electron chi connectivity index (χ4n) is 3.77. The van der Waals surface area contributed by atoms with Crippen molar-refractivity contribution < 1.29 is 4.79 Å². The lowest BCUT2D eigenvalue weighted by atomic mass is 10.1. The number of hydrogen-bond acceptors (Lipinski definition) is 5. The van der Waals surface area contributed by atoms with Crippen LogP contribution < -0.4 is 10.6 Å². The monoisotopic (exact) mass is 446 g/mol. The topological polar surface area (TPSA) is 75.1 Å². The van der Waals surface area contributed by atoms with Crippen LogP contribution in [0.4, 0.5) is 11.5 Å². The lowest BCUT2D eigenvalue weighted by Crippen LogP contribution is -2.47. The molecule has 9 heteroatoms. The molecule has 2 aromatic heterocycles. The molecule has 30 heavy (non-hydrogen) atoms. The van der Waals surface area contributed by atoms with Gasteiger partial charge in [-0.15, -0.1) is 0 Å². The van der Waals surface area contributed by atoms with Gasteiger partial charge in [-0.1, -0.05) is 23.2 Å². The van der Waals surface area contributed by atoms with Crippen LogP contribution in [-0.4, -0.2) is 51.0 Å². The van der Waals surface area contributed by atoms with Gasteiger partial charge in [0, 0.05) is 47.5 Å². The average molecular weight is 447 g/mol. The quantitative estimate of drug-likeness (QED) is 0.590. The second kappa shape index (κ2) is 9.10. The summed E-state index contributed by atoms with van der Waals surface area (Å²) in [5.41, 5.74) is 2.68. The van der Waals surface area contributed by atoms with Crippen LogP contribution >= 0.6 is 23.2 Å². The molecule has 0 unspecified atom stereocenters. The molecule has 1 aromatic carbocycles. The number of nitrogens with zero attached hydrogens (tertiary/aromatic N) is 4. The van der Waals surface area contributed by atoms with Crippen molar-refractivity contribution in [1.82, 2.24) is 19.4 Å². The zero-order valence-electron chi connectivity index (χ0n) is 16.7. The molecule has 1 atom stereocenters. The highest BCUT2D eigenvalue weighted by molar-refractivity contribution is 6.35. The maximum absolute atomic E-state index is 12.7. The highest BCUT2D eigenvalue weighted by atomic mass is 35.5. The average Bonchev–Trinajstić information content (AvgIpc) is 3.14. The predicted octanol–water partition coefficient (Wildman–Crippen LogP) is 4.27. The van der Waals surface area contributed by atoms with Crippen LogP contribution in [0.3, 0.4) is 0 Å². The molecule has 0 spiro atoms. The zero-order chi connectivity index (χ0) is 21.1. The van der Waals surface area contributed by atoms with Crippen molar-refractivity contribution in [2.45, 2.75) is 32.4 Å². The van der Waals surface area contributed by atoms with Gasteiger partial charge in [-0.25, -0.2) is 9.97 Å².